The van der Waals surface area contributed by atoms with Crippen LogP contribution in [0.3, 0.4) is 0 Å². The van der Waals surface area contributed by atoms with Crippen LogP contribution in [-0.2, 0) is 11.2 Å². The molecule has 1 unspecified atom stereocenters. The number of hydrogen-bond donors (Lipinski definition) is 2. The lowest BCUT2D eigenvalue weighted by atomic mass is 10.0. The SMILES string of the molecule is C[C@@H]1c2ccsc2CC[NH+]1CC(=O)Nc1ccc(F)c(Cl)c1. The number of halogens is 2. The van der Waals surface area contributed by atoms with E-state index in [-0.39, 0.29) is 10.9 Å². The molecule has 0 bridgehead atoms. The molecule has 1 amide bonds. The molecular weight excluding hydrogens is 323 g/mol. The Balaban J connectivity index is 1.64. The Morgan fingerprint density at radius 3 is 3.09 bits per heavy atom. The summed E-state index contributed by atoms with van der Waals surface area (Å²) < 4.78 is 13.1. The van der Waals surface area contributed by atoms with Crippen LogP contribution in [-0.4, -0.2) is 19.0 Å². The van der Waals surface area contributed by atoms with Gasteiger partial charge in [0.2, 0.25) is 0 Å². The van der Waals surface area contributed by atoms with E-state index in [0.29, 0.717) is 18.3 Å². The lowest BCUT2D eigenvalue weighted by molar-refractivity contribution is -0.923. The molecular formula is C16H17ClFN2OS+. The third-order valence-electron chi connectivity index (χ3n) is 4.12. The third kappa shape index (κ3) is 3.16. The van der Waals surface area contributed by atoms with Crippen LogP contribution in [0.25, 0.3) is 0 Å². The van der Waals surface area contributed by atoms with Crippen LogP contribution < -0.4 is 10.2 Å². The molecule has 0 aliphatic carbocycles. The van der Waals surface area contributed by atoms with E-state index in [1.165, 1.54) is 33.5 Å². The molecule has 0 fully saturated rings. The fourth-order valence-electron chi connectivity index (χ4n) is 2.88. The number of fused-ring (bicyclic) bond motifs is 1. The van der Waals surface area contributed by atoms with Crippen molar-refractivity contribution in [3.05, 3.63) is 50.9 Å². The van der Waals surface area contributed by atoms with E-state index >= 15 is 0 Å². The topological polar surface area (TPSA) is 33.5 Å². The molecule has 1 aromatic carbocycles. The highest BCUT2D eigenvalue weighted by molar-refractivity contribution is 7.10. The van der Waals surface area contributed by atoms with Crippen LogP contribution in [0, 0.1) is 5.82 Å². The standard InChI is InChI=1S/C16H16ClFN2OS/c1-10-12-5-7-22-15(12)4-6-20(10)9-16(21)19-11-2-3-14(18)13(17)8-11/h2-3,5,7-8,10H,4,6,9H2,1H3,(H,19,21)/p+1/t10-/m1/s1. The van der Waals surface area contributed by atoms with Crippen LogP contribution >= 0.6 is 22.9 Å². The Morgan fingerprint density at radius 2 is 2.32 bits per heavy atom. The summed E-state index contributed by atoms with van der Waals surface area (Å²) >= 11 is 7.52. The van der Waals surface area contributed by atoms with Crippen molar-refractivity contribution in [3.8, 4) is 0 Å². The van der Waals surface area contributed by atoms with Gasteiger partial charge >= 0.3 is 0 Å². The van der Waals surface area contributed by atoms with Crippen molar-refractivity contribution in [2.45, 2.75) is 19.4 Å². The number of carbonyl (C=O) groups is 1. The molecule has 1 aliphatic rings. The molecule has 0 saturated heterocycles. The summed E-state index contributed by atoms with van der Waals surface area (Å²) in [5.41, 5.74) is 1.88. The van der Waals surface area contributed by atoms with Gasteiger partial charge in [0.15, 0.2) is 6.54 Å². The average molecular weight is 340 g/mol. The number of carbonyl (C=O) groups excluding carboxylic acids is 1. The summed E-state index contributed by atoms with van der Waals surface area (Å²) in [4.78, 5) is 14.9. The Kier molecular flexibility index (Phi) is 4.47. The van der Waals surface area contributed by atoms with Gasteiger partial charge in [-0.25, -0.2) is 4.39 Å². The zero-order valence-corrected chi connectivity index (χ0v) is 13.7. The predicted molar refractivity (Wildman–Crippen MR) is 87.2 cm³/mol. The average Bonchev–Trinajstić information content (AvgIpc) is 2.95. The fraction of sp³-hybridized carbons (Fsp3) is 0.312. The lowest BCUT2D eigenvalue weighted by Crippen LogP contribution is -3.14. The Morgan fingerprint density at radius 1 is 1.50 bits per heavy atom. The number of amides is 1. The van der Waals surface area contributed by atoms with Gasteiger partial charge in [0.25, 0.3) is 5.91 Å². The van der Waals surface area contributed by atoms with Crippen molar-refractivity contribution in [1.82, 2.24) is 0 Å². The molecule has 0 radical (unpaired) electrons. The predicted octanol–water partition coefficient (Wildman–Crippen LogP) is 2.68. The van der Waals surface area contributed by atoms with Crippen molar-refractivity contribution < 1.29 is 14.1 Å². The van der Waals surface area contributed by atoms with Gasteiger partial charge in [-0.05, 0) is 36.6 Å². The highest BCUT2D eigenvalue weighted by Gasteiger charge is 2.29. The summed E-state index contributed by atoms with van der Waals surface area (Å²) in [6.45, 7) is 3.50. The van der Waals surface area contributed by atoms with E-state index in [1.54, 1.807) is 11.3 Å². The van der Waals surface area contributed by atoms with E-state index in [1.807, 2.05) is 0 Å². The smallest absolute Gasteiger partial charge is 0.279 e. The molecule has 6 heteroatoms. The van der Waals surface area contributed by atoms with Gasteiger partial charge in [0.1, 0.15) is 11.9 Å². The molecule has 2 atom stereocenters. The first-order valence-electron chi connectivity index (χ1n) is 7.20. The monoisotopic (exact) mass is 339 g/mol. The number of anilines is 1. The maximum absolute atomic E-state index is 13.1. The van der Waals surface area contributed by atoms with Crippen LogP contribution in [0.2, 0.25) is 5.02 Å². The number of hydrogen-bond acceptors (Lipinski definition) is 2. The minimum Gasteiger partial charge on any atom is -0.321 e. The van der Waals surface area contributed by atoms with Gasteiger partial charge in [-0.3, -0.25) is 4.79 Å². The van der Waals surface area contributed by atoms with Crippen molar-refractivity contribution in [1.29, 1.82) is 0 Å². The Bertz CT molecular complexity index is 703. The van der Waals surface area contributed by atoms with Crippen molar-refractivity contribution in [2.75, 3.05) is 18.4 Å². The first-order valence-corrected chi connectivity index (χ1v) is 8.46. The number of rotatable bonds is 3. The van der Waals surface area contributed by atoms with E-state index in [2.05, 4.69) is 23.7 Å². The molecule has 2 aromatic rings. The molecule has 0 saturated carbocycles. The van der Waals surface area contributed by atoms with E-state index in [4.69, 9.17) is 11.6 Å². The van der Waals surface area contributed by atoms with Gasteiger partial charge in [-0.1, -0.05) is 11.6 Å². The summed E-state index contributed by atoms with van der Waals surface area (Å²) in [6, 6.07) is 6.68. The van der Waals surface area contributed by atoms with Crippen LogP contribution in [0.1, 0.15) is 23.4 Å². The van der Waals surface area contributed by atoms with Gasteiger partial charge in [-0.15, -0.1) is 11.3 Å². The fourth-order valence-corrected chi connectivity index (χ4v) is 4.04. The Labute approximate surface area is 137 Å². The van der Waals surface area contributed by atoms with E-state index in [9.17, 15) is 9.18 Å². The van der Waals surface area contributed by atoms with Crippen LogP contribution in [0.15, 0.2) is 29.6 Å². The van der Waals surface area contributed by atoms with E-state index < -0.39 is 5.82 Å². The quantitative estimate of drug-likeness (QED) is 0.885. The molecule has 0 spiro atoms. The zero-order chi connectivity index (χ0) is 15.7. The van der Waals surface area contributed by atoms with Gasteiger partial charge < -0.3 is 10.2 Å². The second kappa shape index (κ2) is 6.36. The summed E-state index contributed by atoms with van der Waals surface area (Å²) in [6.07, 6.45) is 1.02. The number of nitrogens with one attached hydrogen (secondary N) is 2. The maximum atomic E-state index is 13.1. The molecule has 22 heavy (non-hydrogen) atoms. The van der Waals surface area contributed by atoms with Gasteiger partial charge in [0, 0.05) is 22.5 Å². The molecule has 1 aliphatic heterocycles. The third-order valence-corrected chi connectivity index (χ3v) is 5.41. The van der Waals surface area contributed by atoms with Crippen molar-refractivity contribution in [2.24, 2.45) is 0 Å². The number of thiophene rings is 1. The number of quaternary nitrogens is 1. The van der Waals surface area contributed by atoms with E-state index in [0.717, 1.165) is 13.0 Å². The van der Waals surface area contributed by atoms with Crippen molar-refractivity contribution in [3.63, 3.8) is 0 Å². The molecule has 3 nitrogen and oxygen atoms in total. The maximum Gasteiger partial charge on any atom is 0.279 e. The first-order chi connectivity index (χ1) is 10.5. The van der Waals surface area contributed by atoms with Crippen LogP contribution in [0.4, 0.5) is 10.1 Å². The molecule has 2 N–H and O–H groups in total. The molecule has 1 aromatic heterocycles. The van der Waals surface area contributed by atoms with Crippen LogP contribution in [0.5, 0.6) is 0 Å². The summed E-state index contributed by atoms with van der Waals surface area (Å²) in [7, 11) is 0. The minimum atomic E-state index is -0.486. The minimum absolute atomic E-state index is 0.0133. The first kappa shape index (κ1) is 15.5. The van der Waals surface area contributed by atoms with Gasteiger partial charge in [0.05, 0.1) is 11.6 Å². The molecule has 3 rings (SSSR count). The second-order valence-electron chi connectivity index (χ2n) is 5.53. The Hall–Kier alpha value is -1.43. The van der Waals surface area contributed by atoms with Gasteiger partial charge in [-0.2, -0.15) is 0 Å². The zero-order valence-electron chi connectivity index (χ0n) is 12.2. The summed E-state index contributed by atoms with van der Waals surface area (Å²) in [5, 5.41) is 4.92. The highest BCUT2D eigenvalue weighted by atomic mass is 35.5. The largest absolute Gasteiger partial charge is 0.321 e. The summed E-state index contributed by atoms with van der Waals surface area (Å²) in [5.74, 6) is -0.567. The lowest BCUT2D eigenvalue weighted by Gasteiger charge is -2.29. The molecule has 2 heterocycles. The second-order valence-corrected chi connectivity index (χ2v) is 6.94. The number of benzene rings is 1. The van der Waals surface area contributed by atoms with Crippen molar-refractivity contribution >= 4 is 34.5 Å². The highest BCUT2D eigenvalue weighted by Crippen LogP contribution is 2.24. The normalized spacial score (nSPS) is 20.5. The molecule has 116 valence electrons.